The summed E-state index contributed by atoms with van der Waals surface area (Å²) in [6.45, 7) is 7.82. The number of nitrogens with one attached hydrogen (secondary N) is 2. The Kier molecular flexibility index (Phi) is 6.67. The maximum Gasteiger partial charge on any atom is 0.225 e. The second kappa shape index (κ2) is 8.32. The quantitative estimate of drug-likeness (QED) is 0.537. The van der Waals surface area contributed by atoms with E-state index in [9.17, 15) is 9.59 Å². The molecule has 0 aromatic heterocycles. The van der Waals surface area contributed by atoms with Gasteiger partial charge in [-0.15, -0.1) is 0 Å². The molecule has 24 heavy (non-hydrogen) atoms. The molecular formula is C19H35N3O2. The molecule has 5 nitrogen and oxygen atoms in total. The molecule has 2 amide bonds. The van der Waals surface area contributed by atoms with Gasteiger partial charge in [0.25, 0.3) is 0 Å². The molecule has 0 unspecified atom stereocenters. The van der Waals surface area contributed by atoms with Gasteiger partial charge in [0.2, 0.25) is 11.8 Å². The van der Waals surface area contributed by atoms with Gasteiger partial charge in [-0.25, -0.2) is 0 Å². The second-order valence-electron chi connectivity index (χ2n) is 8.35. The minimum atomic E-state index is -0.0524. The zero-order chi connectivity index (χ0) is 17.6. The highest BCUT2D eigenvalue weighted by molar-refractivity contribution is 5.85. The van der Waals surface area contributed by atoms with Gasteiger partial charge in [0, 0.05) is 23.9 Å². The lowest BCUT2D eigenvalue weighted by molar-refractivity contribution is -0.126. The monoisotopic (exact) mass is 337 g/mol. The van der Waals surface area contributed by atoms with Crippen LogP contribution in [0.1, 0.15) is 65.2 Å². The predicted octanol–water partition coefficient (Wildman–Crippen LogP) is 2.31. The van der Waals surface area contributed by atoms with Gasteiger partial charge in [0.15, 0.2) is 0 Å². The van der Waals surface area contributed by atoms with E-state index in [0.29, 0.717) is 0 Å². The Labute approximate surface area is 146 Å². The van der Waals surface area contributed by atoms with Crippen molar-refractivity contribution in [2.45, 2.75) is 65.2 Å². The molecule has 2 fully saturated rings. The highest BCUT2D eigenvalue weighted by Crippen LogP contribution is 2.45. The van der Waals surface area contributed by atoms with Crippen LogP contribution in [-0.4, -0.2) is 49.9 Å². The summed E-state index contributed by atoms with van der Waals surface area (Å²) in [5.41, 5.74) is -0.105. The van der Waals surface area contributed by atoms with Crippen LogP contribution in [0.15, 0.2) is 0 Å². The van der Waals surface area contributed by atoms with E-state index in [2.05, 4.69) is 22.6 Å². The predicted molar refractivity (Wildman–Crippen MR) is 96.7 cm³/mol. The van der Waals surface area contributed by atoms with Crippen molar-refractivity contribution in [2.24, 2.45) is 10.8 Å². The number of unbranched alkanes of at least 4 members (excludes halogenated alkanes) is 2. The van der Waals surface area contributed by atoms with Gasteiger partial charge in [-0.2, -0.15) is 0 Å². The van der Waals surface area contributed by atoms with E-state index in [1.54, 1.807) is 0 Å². The molecule has 0 atom stereocenters. The van der Waals surface area contributed by atoms with Crippen LogP contribution in [0.4, 0.5) is 0 Å². The van der Waals surface area contributed by atoms with E-state index in [1.807, 2.05) is 13.8 Å². The van der Waals surface area contributed by atoms with Crippen molar-refractivity contribution < 1.29 is 9.59 Å². The van der Waals surface area contributed by atoms with Gasteiger partial charge in [-0.05, 0) is 71.5 Å². The number of carbonyl (C=O) groups is 2. The molecule has 0 spiro atoms. The van der Waals surface area contributed by atoms with Gasteiger partial charge >= 0.3 is 0 Å². The van der Waals surface area contributed by atoms with Crippen LogP contribution < -0.4 is 10.6 Å². The molecule has 0 aliphatic heterocycles. The van der Waals surface area contributed by atoms with Crippen molar-refractivity contribution in [3.05, 3.63) is 0 Å². The Hall–Kier alpha value is -1.10. The molecule has 138 valence electrons. The summed E-state index contributed by atoms with van der Waals surface area (Å²) < 4.78 is 0. The average molecular weight is 338 g/mol. The molecule has 2 aliphatic rings. The third kappa shape index (κ3) is 6.08. The van der Waals surface area contributed by atoms with Crippen LogP contribution in [0.5, 0.6) is 0 Å². The fourth-order valence-electron chi connectivity index (χ4n) is 2.78. The molecule has 2 saturated carbocycles. The Balaban J connectivity index is 1.38. The fraction of sp³-hybridized carbons (Fsp3) is 0.895. The van der Waals surface area contributed by atoms with E-state index in [-0.39, 0.29) is 22.6 Å². The van der Waals surface area contributed by atoms with Crippen LogP contribution in [0, 0.1) is 10.8 Å². The Morgan fingerprint density at radius 2 is 1.17 bits per heavy atom. The third-order valence-electron chi connectivity index (χ3n) is 5.60. The van der Waals surface area contributed by atoms with Crippen LogP contribution in [-0.2, 0) is 9.59 Å². The minimum absolute atomic E-state index is 0.0524. The lowest BCUT2D eigenvalue weighted by Gasteiger charge is -2.17. The van der Waals surface area contributed by atoms with E-state index < -0.39 is 0 Å². The van der Waals surface area contributed by atoms with Crippen molar-refractivity contribution in [1.82, 2.24) is 15.5 Å². The molecule has 2 rings (SSSR count). The summed E-state index contributed by atoms with van der Waals surface area (Å²) in [6.07, 6.45) is 8.48. The fourth-order valence-corrected chi connectivity index (χ4v) is 2.78. The van der Waals surface area contributed by atoms with Crippen LogP contribution in [0.25, 0.3) is 0 Å². The van der Waals surface area contributed by atoms with Crippen molar-refractivity contribution in [3.63, 3.8) is 0 Å². The number of amides is 2. The first-order valence-corrected chi connectivity index (χ1v) is 9.61. The summed E-state index contributed by atoms with van der Waals surface area (Å²) in [5.74, 6) is 0.468. The normalized spacial score (nSPS) is 19.8. The van der Waals surface area contributed by atoms with Crippen molar-refractivity contribution in [2.75, 3.05) is 33.2 Å². The van der Waals surface area contributed by atoms with Crippen molar-refractivity contribution in [1.29, 1.82) is 0 Å². The van der Waals surface area contributed by atoms with Gasteiger partial charge in [0.1, 0.15) is 0 Å². The molecule has 0 aromatic rings. The Morgan fingerprint density at radius 3 is 1.50 bits per heavy atom. The second-order valence-corrected chi connectivity index (χ2v) is 8.35. The van der Waals surface area contributed by atoms with E-state index >= 15 is 0 Å². The summed E-state index contributed by atoms with van der Waals surface area (Å²) in [4.78, 5) is 25.9. The largest absolute Gasteiger partial charge is 0.356 e. The Morgan fingerprint density at radius 1 is 0.792 bits per heavy atom. The van der Waals surface area contributed by atoms with Crippen molar-refractivity contribution in [3.8, 4) is 0 Å². The smallest absolute Gasteiger partial charge is 0.225 e. The highest BCUT2D eigenvalue weighted by Gasteiger charge is 2.45. The van der Waals surface area contributed by atoms with E-state index in [4.69, 9.17) is 0 Å². The first-order chi connectivity index (χ1) is 11.4. The highest BCUT2D eigenvalue weighted by atomic mass is 16.2. The van der Waals surface area contributed by atoms with Gasteiger partial charge < -0.3 is 15.5 Å². The number of hydrogen-bond acceptors (Lipinski definition) is 3. The molecular weight excluding hydrogens is 302 g/mol. The molecule has 0 radical (unpaired) electrons. The van der Waals surface area contributed by atoms with Crippen molar-refractivity contribution >= 4 is 11.8 Å². The van der Waals surface area contributed by atoms with Crippen LogP contribution in [0.2, 0.25) is 0 Å². The summed E-state index contributed by atoms with van der Waals surface area (Å²) in [6, 6.07) is 0. The molecule has 2 aliphatic carbocycles. The van der Waals surface area contributed by atoms with Crippen LogP contribution in [0.3, 0.4) is 0 Å². The Bertz CT molecular complexity index is 402. The van der Waals surface area contributed by atoms with Gasteiger partial charge in [0.05, 0.1) is 0 Å². The first-order valence-electron chi connectivity index (χ1n) is 9.61. The number of rotatable bonds is 12. The van der Waals surface area contributed by atoms with Gasteiger partial charge in [-0.1, -0.05) is 13.8 Å². The molecule has 0 aromatic carbocycles. The summed E-state index contributed by atoms with van der Waals surface area (Å²) in [7, 11) is 2.15. The lowest BCUT2D eigenvalue weighted by atomic mass is 10.1. The minimum Gasteiger partial charge on any atom is -0.356 e. The maximum absolute atomic E-state index is 11.8. The zero-order valence-electron chi connectivity index (χ0n) is 15.7. The molecule has 0 heterocycles. The number of carbonyl (C=O) groups excluding carboxylic acids is 2. The zero-order valence-corrected chi connectivity index (χ0v) is 15.7. The number of nitrogens with zero attached hydrogens (tertiary/aromatic N) is 1. The third-order valence-corrected chi connectivity index (χ3v) is 5.60. The number of hydrogen-bond donors (Lipinski definition) is 2. The standard InChI is InChI=1S/C19H35N3O2/c1-18(8-9-18)16(23)20-12-4-6-14-22(3)15-7-5-13-21-17(24)19(2)10-11-19/h4-15H2,1-3H3,(H,20,23)(H,21,24). The van der Waals surface area contributed by atoms with E-state index in [0.717, 1.165) is 77.5 Å². The lowest BCUT2D eigenvalue weighted by Crippen LogP contribution is -2.32. The van der Waals surface area contributed by atoms with Gasteiger partial charge in [-0.3, -0.25) is 9.59 Å². The topological polar surface area (TPSA) is 61.4 Å². The molecule has 0 bridgehead atoms. The van der Waals surface area contributed by atoms with E-state index in [1.165, 1.54) is 0 Å². The molecule has 0 saturated heterocycles. The first kappa shape index (κ1) is 19.2. The molecule has 5 heteroatoms. The summed E-state index contributed by atoms with van der Waals surface area (Å²) >= 11 is 0. The van der Waals surface area contributed by atoms with Crippen LogP contribution >= 0.6 is 0 Å². The summed E-state index contributed by atoms with van der Waals surface area (Å²) in [5, 5.41) is 6.10. The SMILES string of the molecule is CN(CCCCNC(=O)C1(C)CC1)CCCCNC(=O)C1(C)CC1. The maximum atomic E-state index is 11.8. The molecule has 2 N–H and O–H groups in total. The average Bonchev–Trinajstić information content (AvgIpc) is 3.46.